The van der Waals surface area contributed by atoms with E-state index >= 15 is 0 Å². The highest BCUT2D eigenvalue weighted by molar-refractivity contribution is 5.88. The summed E-state index contributed by atoms with van der Waals surface area (Å²) in [7, 11) is 0. The normalized spacial score (nSPS) is 10.1. The number of rotatable bonds is 4. The summed E-state index contributed by atoms with van der Waals surface area (Å²) >= 11 is 0. The first kappa shape index (κ1) is 12.9. The van der Waals surface area contributed by atoms with Crippen molar-refractivity contribution in [1.82, 2.24) is 0 Å². The molecule has 0 heterocycles. The summed E-state index contributed by atoms with van der Waals surface area (Å²) in [4.78, 5) is 11.0. The van der Waals surface area contributed by atoms with Crippen LogP contribution < -0.4 is 0 Å². The summed E-state index contributed by atoms with van der Waals surface area (Å²) in [5, 5.41) is 19.3. The maximum absolute atomic E-state index is 11.0. The number of hydrogen-bond acceptors (Lipinski definition) is 3. The van der Waals surface area contributed by atoms with Gasteiger partial charge in [0.1, 0.15) is 11.5 Å². The Morgan fingerprint density at radius 2 is 1.89 bits per heavy atom. The maximum atomic E-state index is 11.0. The van der Waals surface area contributed by atoms with E-state index in [0.29, 0.717) is 17.5 Å². The van der Waals surface area contributed by atoms with E-state index in [1.165, 1.54) is 12.1 Å². The second kappa shape index (κ2) is 5.40. The maximum Gasteiger partial charge on any atom is 0.150 e. The highest BCUT2D eigenvalue weighted by Gasteiger charge is 2.08. The Labute approximate surface area is 111 Å². The molecular weight excluding hydrogens is 240 g/mol. The third-order valence-corrected chi connectivity index (χ3v) is 2.92. The van der Waals surface area contributed by atoms with Gasteiger partial charge in [-0.25, -0.2) is 0 Å². The van der Waals surface area contributed by atoms with Crippen LogP contribution >= 0.6 is 0 Å². The van der Waals surface area contributed by atoms with Gasteiger partial charge in [0.2, 0.25) is 0 Å². The molecule has 0 aliphatic carbocycles. The van der Waals surface area contributed by atoms with E-state index in [9.17, 15) is 15.0 Å². The second-order valence-corrected chi connectivity index (χ2v) is 4.23. The van der Waals surface area contributed by atoms with Gasteiger partial charge in [0.25, 0.3) is 0 Å². The minimum Gasteiger partial charge on any atom is -0.508 e. The molecule has 0 aliphatic rings. The van der Waals surface area contributed by atoms with Gasteiger partial charge in [-0.3, -0.25) is 4.79 Å². The number of allylic oxidation sites excluding steroid dienone is 1. The molecule has 19 heavy (non-hydrogen) atoms. The minimum absolute atomic E-state index is 0.0962. The molecule has 0 saturated heterocycles. The molecule has 2 rings (SSSR count). The first-order chi connectivity index (χ1) is 9.15. The van der Waals surface area contributed by atoms with Gasteiger partial charge in [0, 0.05) is 5.56 Å². The third kappa shape index (κ3) is 2.65. The third-order valence-electron chi connectivity index (χ3n) is 2.92. The second-order valence-electron chi connectivity index (χ2n) is 4.23. The van der Waals surface area contributed by atoms with Crippen molar-refractivity contribution in [1.29, 1.82) is 0 Å². The van der Waals surface area contributed by atoms with E-state index in [4.69, 9.17) is 0 Å². The Balaban J connectivity index is 2.58. The number of hydrogen-bond donors (Lipinski definition) is 2. The molecule has 0 unspecified atom stereocenters. The SMILES string of the molecule is C=CCc1cc(-c2cc(O)ccc2C=O)ccc1O. The quantitative estimate of drug-likeness (QED) is 0.650. The summed E-state index contributed by atoms with van der Waals surface area (Å²) in [6, 6.07) is 9.65. The highest BCUT2D eigenvalue weighted by atomic mass is 16.3. The molecule has 96 valence electrons. The summed E-state index contributed by atoms with van der Waals surface area (Å²) < 4.78 is 0. The van der Waals surface area contributed by atoms with Crippen LogP contribution in [0.4, 0.5) is 0 Å². The summed E-state index contributed by atoms with van der Waals surface area (Å²) in [6.07, 6.45) is 2.98. The van der Waals surface area contributed by atoms with Crippen LogP contribution in [0.3, 0.4) is 0 Å². The van der Waals surface area contributed by atoms with E-state index in [1.807, 2.05) is 0 Å². The fraction of sp³-hybridized carbons (Fsp3) is 0.0625. The molecule has 0 saturated carbocycles. The zero-order valence-electron chi connectivity index (χ0n) is 10.3. The zero-order valence-corrected chi connectivity index (χ0v) is 10.3. The molecule has 0 fully saturated rings. The molecule has 0 atom stereocenters. The predicted molar refractivity (Wildman–Crippen MR) is 74.5 cm³/mol. The van der Waals surface area contributed by atoms with Crippen LogP contribution in [0, 0.1) is 0 Å². The molecule has 0 radical (unpaired) electrons. The number of phenolic OH excluding ortho intramolecular Hbond substituents is 2. The largest absolute Gasteiger partial charge is 0.508 e. The van der Waals surface area contributed by atoms with Gasteiger partial charge in [0.05, 0.1) is 0 Å². The van der Waals surface area contributed by atoms with E-state index in [-0.39, 0.29) is 11.5 Å². The van der Waals surface area contributed by atoms with Crippen molar-refractivity contribution in [3.63, 3.8) is 0 Å². The monoisotopic (exact) mass is 254 g/mol. The first-order valence-electron chi connectivity index (χ1n) is 5.87. The highest BCUT2D eigenvalue weighted by Crippen LogP contribution is 2.30. The van der Waals surface area contributed by atoms with Gasteiger partial charge in [-0.1, -0.05) is 12.1 Å². The van der Waals surface area contributed by atoms with Crippen molar-refractivity contribution in [2.75, 3.05) is 0 Å². The van der Waals surface area contributed by atoms with Crippen molar-refractivity contribution >= 4 is 6.29 Å². The van der Waals surface area contributed by atoms with Crippen LogP contribution in [0.5, 0.6) is 11.5 Å². The molecule has 0 spiro atoms. The topological polar surface area (TPSA) is 57.5 Å². The van der Waals surface area contributed by atoms with Gasteiger partial charge < -0.3 is 10.2 Å². The van der Waals surface area contributed by atoms with Crippen LogP contribution in [0.15, 0.2) is 49.1 Å². The lowest BCUT2D eigenvalue weighted by atomic mass is 9.97. The number of aldehydes is 1. The zero-order chi connectivity index (χ0) is 13.8. The van der Waals surface area contributed by atoms with Gasteiger partial charge in [-0.2, -0.15) is 0 Å². The first-order valence-corrected chi connectivity index (χ1v) is 5.87. The van der Waals surface area contributed by atoms with E-state index in [2.05, 4.69) is 6.58 Å². The Morgan fingerprint density at radius 3 is 2.58 bits per heavy atom. The molecule has 2 aromatic rings. The minimum atomic E-state index is 0.0962. The number of carbonyl (C=O) groups excluding carboxylic acids is 1. The van der Waals surface area contributed by atoms with E-state index in [0.717, 1.165) is 17.4 Å². The Kier molecular flexibility index (Phi) is 3.66. The van der Waals surface area contributed by atoms with Gasteiger partial charge in [0.15, 0.2) is 6.29 Å². The van der Waals surface area contributed by atoms with Crippen molar-refractivity contribution in [2.45, 2.75) is 6.42 Å². The van der Waals surface area contributed by atoms with Gasteiger partial charge in [-0.05, 0) is 53.4 Å². The number of carbonyl (C=O) groups is 1. The Morgan fingerprint density at radius 1 is 1.11 bits per heavy atom. The molecule has 2 aromatic carbocycles. The molecule has 3 heteroatoms. The Hall–Kier alpha value is -2.55. The predicted octanol–water partition coefficient (Wildman–Crippen LogP) is 3.31. The smallest absolute Gasteiger partial charge is 0.150 e. The van der Waals surface area contributed by atoms with Gasteiger partial charge in [-0.15, -0.1) is 6.58 Å². The number of phenols is 2. The molecule has 0 bridgehead atoms. The van der Waals surface area contributed by atoms with E-state index < -0.39 is 0 Å². The Bertz CT molecular complexity index is 630. The molecule has 0 aromatic heterocycles. The number of benzene rings is 2. The standard InChI is InChI=1S/C16H14O3/c1-2-3-12-8-11(5-7-16(12)19)15-9-14(18)6-4-13(15)10-17/h2,4-10,18-19H,1,3H2. The van der Waals surface area contributed by atoms with Crippen LogP contribution in [0.25, 0.3) is 11.1 Å². The number of aromatic hydroxyl groups is 2. The van der Waals surface area contributed by atoms with Crippen LogP contribution in [-0.4, -0.2) is 16.5 Å². The summed E-state index contributed by atoms with van der Waals surface area (Å²) in [6.45, 7) is 3.64. The molecule has 3 nitrogen and oxygen atoms in total. The van der Waals surface area contributed by atoms with Gasteiger partial charge >= 0.3 is 0 Å². The van der Waals surface area contributed by atoms with Crippen molar-refractivity contribution in [3.05, 3.63) is 60.2 Å². The fourth-order valence-electron chi connectivity index (χ4n) is 1.97. The van der Waals surface area contributed by atoms with Crippen LogP contribution in [0.1, 0.15) is 15.9 Å². The lowest BCUT2D eigenvalue weighted by Gasteiger charge is -2.09. The van der Waals surface area contributed by atoms with Crippen LogP contribution in [0.2, 0.25) is 0 Å². The average Bonchev–Trinajstić information content (AvgIpc) is 2.41. The average molecular weight is 254 g/mol. The van der Waals surface area contributed by atoms with Crippen molar-refractivity contribution in [2.24, 2.45) is 0 Å². The summed E-state index contributed by atoms with van der Waals surface area (Å²) in [5.74, 6) is 0.287. The van der Waals surface area contributed by atoms with Crippen LogP contribution in [-0.2, 0) is 6.42 Å². The van der Waals surface area contributed by atoms with Crippen molar-refractivity contribution in [3.8, 4) is 22.6 Å². The molecule has 2 N–H and O–H groups in total. The lowest BCUT2D eigenvalue weighted by molar-refractivity contribution is 0.112. The molecule has 0 aliphatic heterocycles. The summed E-state index contributed by atoms with van der Waals surface area (Å²) in [5.41, 5.74) is 2.63. The molecular formula is C16H14O3. The molecule has 0 amide bonds. The fourth-order valence-corrected chi connectivity index (χ4v) is 1.97. The van der Waals surface area contributed by atoms with E-state index in [1.54, 1.807) is 30.3 Å². The van der Waals surface area contributed by atoms with Crippen molar-refractivity contribution < 1.29 is 15.0 Å². The lowest BCUT2D eigenvalue weighted by Crippen LogP contribution is -1.90.